The smallest absolute Gasteiger partial charge is 0.335 e. The molecule has 1 fully saturated rings. The number of nitrogens with one attached hydrogen (secondary N) is 3. The fraction of sp³-hybridized carbons (Fsp3) is 0.308. The van der Waals surface area contributed by atoms with Crippen molar-refractivity contribution in [2.45, 2.75) is 57.2 Å². The molecule has 0 aliphatic carbocycles. The molecule has 268 valence electrons. The van der Waals surface area contributed by atoms with Gasteiger partial charge in [-0.15, -0.1) is 10.2 Å². The van der Waals surface area contributed by atoms with Gasteiger partial charge in [0.25, 0.3) is 0 Å². The van der Waals surface area contributed by atoms with Gasteiger partial charge in [0.2, 0.25) is 11.7 Å². The summed E-state index contributed by atoms with van der Waals surface area (Å²) in [4.78, 5) is 28.7. The number of aromatic carboxylic acids is 1. The van der Waals surface area contributed by atoms with Gasteiger partial charge in [0, 0.05) is 51.8 Å². The first kappa shape index (κ1) is 35.4. The van der Waals surface area contributed by atoms with Crippen molar-refractivity contribution in [3.05, 3.63) is 117 Å². The molecule has 0 saturated carbocycles. The van der Waals surface area contributed by atoms with E-state index in [2.05, 4.69) is 75.1 Å². The molecule has 4 N–H and O–H groups in total. The minimum Gasteiger partial charge on any atom is -0.495 e. The lowest BCUT2D eigenvalue weighted by molar-refractivity contribution is -0.118. The number of amides is 1. The molecule has 4 aromatic carbocycles. The monoisotopic (exact) mass is 739 g/mol. The lowest BCUT2D eigenvalue weighted by atomic mass is 9.63. The van der Waals surface area contributed by atoms with Crippen molar-refractivity contribution in [2.75, 3.05) is 23.9 Å². The number of hydrogen-bond acceptors (Lipinski definition) is 8. The maximum atomic E-state index is 14.7. The molecular weight excluding hydrogens is 701 g/mol. The van der Waals surface area contributed by atoms with Crippen molar-refractivity contribution < 1.29 is 19.4 Å². The van der Waals surface area contributed by atoms with Crippen molar-refractivity contribution in [2.24, 2.45) is 5.41 Å². The number of methoxy groups -OCH3 is 1. The van der Waals surface area contributed by atoms with E-state index in [0.717, 1.165) is 34.4 Å². The summed E-state index contributed by atoms with van der Waals surface area (Å²) in [5.41, 5.74) is 4.53. The van der Waals surface area contributed by atoms with Crippen molar-refractivity contribution in [1.82, 2.24) is 25.9 Å². The van der Waals surface area contributed by atoms with Crippen molar-refractivity contribution in [1.29, 1.82) is 0 Å². The molecule has 11 nitrogen and oxygen atoms in total. The first-order valence-corrected chi connectivity index (χ1v) is 17.7. The zero-order valence-corrected chi connectivity index (χ0v) is 30.7. The predicted molar refractivity (Wildman–Crippen MR) is 201 cm³/mol. The van der Waals surface area contributed by atoms with E-state index in [-0.39, 0.29) is 28.7 Å². The number of hydrogen-bond donors (Lipinski definition) is 4. The first-order valence-electron chi connectivity index (χ1n) is 17.0. The Kier molecular flexibility index (Phi) is 9.45. The number of nitrogens with zero attached hydrogens (tertiary/aromatic N) is 4. The third kappa shape index (κ3) is 6.60. The number of benzene rings is 4. The Morgan fingerprint density at radius 1 is 1.04 bits per heavy atom. The van der Waals surface area contributed by atoms with Gasteiger partial charge in [0.05, 0.1) is 24.4 Å². The second kappa shape index (κ2) is 13.9. The summed E-state index contributed by atoms with van der Waals surface area (Å²) in [6, 6.07) is 25.3. The number of rotatable bonds is 9. The zero-order chi connectivity index (χ0) is 36.8. The molecule has 1 amide bonds. The number of anilines is 2. The van der Waals surface area contributed by atoms with Gasteiger partial charge in [-0.3, -0.25) is 4.79 Å². The highest BCUT2D eigenvalue weighted by Crippen LogP contribution is 2.59. The summed E-state index contributed by atoms with van der Waals surface area (Å²) in [5, 5.41) is 32.0. The van der Waals surface area contributed by atoms with Gasteiger partial charge >= 0.3 is 5.97 Å². The van der Waals surface area contributed by atoms with Crippen molar-refractivity contribution in [3.63, 3.8) is 0 Å². The van der Waals surface area contributed by atoms with Crippen LogP contribution in [0.15, 0.2) is 84.9 Å². The number of fused-ring (bicyclic) bond motifs is 2. The van der Waals surface area contributed by atoms with Crippen LogP contribution in [-0.4, -0.2) is 63.3 Å². The van der Waals surface area contributed by atoms with E-state index < -0.39 is 23.3 Å². The maximum absolute atomic E-state index is 14.7. The molecule has 0 radical (unpaired) electrons. The first-order chi connectivity index (χ1) is 24.9. The number of carbonyl (C=O) groups excluding carboxylic acids is 1. The molecular formula is C39H39Cl2N7O4. The van der Waals surface area contributed by atoms with Gasteiger partial charge < -0.3 is 25.4 Å². The third-order valence-electron chi connectivity index (χ3n) is 10.1. The van der Waals surface area contributed by atoms with Gasteiger partial charge in [-0.05, 0) is 76.2 Å². The standard InChI is InChI=1S/C39H39Cl2N7O4/c1-38(2,3)19-32-39(21-48(30-16-14-25(40)18-27(30)39)20-22-9-11-23(12-10-22)35-44-46-47-45-35)33(26-7-5-6-8-28(26)41)34(43-32)36(49)42-29-15-13-24(37(50)51)17-31(29)52-4/h5-18,32-34,43H,19-21H2,1-4H3,(H,42,49)(H,50,51)(H,44,45,46,47)/t32-,33+,34+,39-/m0/s1. The molecule has 2 aliphatic rings. The average molecular weight is 741 g/mol. The Balaban J connectivity index is 1.34. The molecule has 5 aromatic rings. The molecule has 1 spiro atoms. The topological polar surface area (TPSA) is 145 Å². The normalized spacial score (nSPS) is 21.0. The van der Waals surface area contributed by atoms with Gasteiger partial charge in [-0.25, -0.2) is 4.79 Å². The third-order valence-corrected chi connectivity index (χ3v) is 10.7. The van der Waals surface area contributed by atoms with Crippen LogP contribution in [0.4, 0.5) is 11.4 Å². The highest BCUT2D eigenvalue weighted by molar-refractivity contribution is 6.31. The van der Waals surface area contributed by atoms with Gasteiger partial charge in [0.1, 0.15) is 5.75 Å². The lowest BCUT2D eigenvalue weighted by Crippen LogP contribution is -2.48. The second-order valence-electron chi connectivity index (χ2n) is 14.7. The summed E-state index contributed by atoms with van der Waals surface area (Å²) in [6.45, 7) is 7.79. The molecule has 1 saturated heterocycles. The fourth-order valence-corrected chi connectivity index (χ4v) is 8.42. The van der Waals surface area contributed by atoms with E-state index in [1.54, 1.807) is 6.07 Å². The number of aromatic nitrogens is 4. The number of tetrazole rings is 1. The quantitative estimate of drug-likeness (QED) is 0.122. The van der Waals surface area contributed by atoms with Crippen LogP contribution in [0.2, 0.25) is 10.0 Å². The number of halogens is 2. The highest BCUT2D eigenvalue weighted by Gasteiger charge is 2.62. The number of carboxylic acid groups (broad SMARTS) is 1. The second-order valence-corrected chi connectivity index (χ2v) is 15.5. The van der Waals surface area contributed by atoms with Gasteiger partial charge in [-0.1, -0.05) is 86.4 Å². The van der Waals surface area contributed by atoms with Crippen LogP contribution >= 0.6 is 23.2 Å². The van der Waals surface area contributed by atoms with E-state index in [0.29, 0.717) is 34.6 Å². The summed E-state index contributed by atoms with van der Waals surface area (Å²) < 4.78 is 5.52. The van der Waals surface area contributed by atoms with E-state index in [1.807, 2.05) is 48.5 Å². The minimum absolute atomic E-state index is 0.0518. The van der Waals surface area contributed by atoms with Crippen LogP contribution in [0.25, 0.3) is 11.4 Å². The largest absolute Gasteiger partial charge is 0.495 e. The molecule has 4 atom stereocenters. The average Bonchev–Trinajstić information content (AvgIpc) is 3.83. The summed E-state index contributed by atoms with van der Waals surface area (Å²) in [6.07, 6.45) is 0.744. The molecule has 1 aromatic heterocycles. The zero-order valence-electron chi connectivity index (χ0n) is 29.2. The van der Waals surface area contributed by atoms with E-state index in [9.17, 15) is 14.7 Å². The molecule has 7 rings (SSSR count). The Morgan fingerprint density at radius 2 is 1.81 bits per heavy atom. The molecule has 2 aliphatic heterocycles. The lowest BCUT2D eigenvalue weighted by Gasteiger charge is -2.40. The number of carbonyl (C=O) groups is 2. The molecule has 3 heterocycles. The van der Waals surface area contributed by atoms with Crippen LogP contribution in [-0.2, 0) is 16.8 Å². The maximum Gasteiger partial charge on any atom is 0.335 e. The van der Waals surface area contributed by atoms with Crippen molar-refractivity contribution >= 4 is 46.5 Å². The number of carboxylic acids is 1. The summed E-state index contributed by atoms with van der Waals surface area (Å²) in [7, 11) is 1.44. The van der Waals surface area contributed by atoms with Crippen molar-refractivity contribution in [3.8, 4) is 17.1 Å². The number of aromatic amines is 1. The molecule has 0 bridgehead atoms. The van der Waals surface area contributed by atoms with E-state index >= 15 is 0 Å². The molecule has 13 heteroatoms. The van der Waals surface area contributed by atoms with Crippen LogP contribution in [0.3, 0.4) is 0 Å². The number of H-pyrrole nitrogens is 1. The van der Waals surface area contributed by atoms with Gasteiger partial charge in [-0.2, -0.15) is 5.21 Å². The van der Waals surface area contributed by atoms with E-state index in [4.69, 9.17) is 27.9 Å². The van der Waals surface area contributed by atoms with Crippen LogP contribution in [0.1, 0.15) is 60.2 Å². The fourth-order valence-electron chi connectivity index (χ4n) is 7.99. The summed E-state index contributed by atoms with van der Waals surface area (Å²) >= 11 is 13.9. The molecule has 52 heavy (non-hydrogen) atoms. The minimum atomic E-state index is -1.09. The van der Waals surface area contributed by atoms with E-state index in [1.165, 1.54) is 19.2 Å². The Labute approximate surface area is 311 Å². The Hall–Kier alpha value is -4.97. The van der Waals surface area contributed by atoms with Gasteiger partial charge in [0.15, 0.2) is 0 Å². The highest BCUT2D eigenvalue weighted by atomic mass is 35.5. The summed E-state index contributed by atoms with van der Waals surface area (Å²) in [5.74, 6) is -1.04. The number of ether oxygens (including phenoxy) is 1. The van der Waals surface area contributed by atoms with Crippen LogP contribution in [0.5, 0.6) is 5.75 Å². The Morgan fingerprint density at radius 3 is 2.48 bits per heavy atom. The van der Waals surface area contributed by atoms with Crippen LogP contribution in [0, 0.1) is 5.41 Å². The predicted octanol–water partition coefficient (Wildman–Crippen LogP) is 7.34. The van der Waals surface area contributed by atoms with Crippen LogP contribution < -0.4 is 20.3 Å². The Bertz CT molecular complexity index is 2120. The SMILES string of the molecule is COc1cc(C(=O)O)ccc1NC(=O)[C@@H]1N[C@@H](CC(C)(C)C)[C@@]2(CN(Cc3ccc(-c4nn[nH]n4)cc3)c3ccc(Cl)cc32)[C@@H]1c1ccccc1Cl. The molecule has 0 unspecified atom stereocenters.